The van der Waals surface area contributed by atoms with Gasteiger partial charge in [0.15, 0.2) is 6.61 Å². The highest BCUT2D eigenvalue weighted by Crippen LogP contribution is 2.34. The van der Waals surface area contributed by atoms with Gasteiger partial charge in [0, 0.05) is 29.1 Å². The van der Waals surface area contributed by atoms with Crippen molar-refractivity contribution in [2.75, 3.05) is 23.4 Å². The molecule has 124 valence electrons. The lowest BCUT2D eigenvalue weighted by Gasteiger charge is -2.29. The Morgan fingerprint density at radius 1 is 1.38 bits per heavy atom. The monoisotopic (exact) mass is 389 g/mol. The molecule has 1 aliphatic heterocycles. The Kier molecular flexibility index (Phi) is 4.80. The number of carbonyl (C=O) groups is 2. The van der Waals surface area contributed by atoms with Crippen molar-refractivity contribution >= 4 is 39.1 Å². The lowest BCUT2D eigenvalue weighted by atomic mass is 10.2. The smallest absolute Gasteiger partial charge is 0.265 e. The third kappa shape index (κ3) is 3.41. The number of carbonyl (C=O) groups excluding carboxylic acids is 2. The van der Waals surface area contributed by atoms with Gasteiger partial charge in [-0.25, -0.2) is 0 Å². The van der Waals surface area contributed by atoms with E-state index in [-0.39, 0.29) is 18.4 Å². The van der Waals surface area contributed by atoms with Crippen molar-refractivity contribution in [2.45, 2.75) is 13.3 Å². The molecule has 0 saturated heterocycles. The molecule has 24 heavy (non-hydrogen) atoms. The minimum Gasteiger partial charge on any atom is -0.482 e. The molecule has 6 nitrogen and oxygen atoms in total. The number of amides is 2. The van der Waals surface area contributed by atoms with Crippen LogP contribution in [-0.4, -0.2) is 29.9 Å². The SMILES string of the molecule is CCCN1C(=O)COc2ccc(NC(=O)c3cncc(Br)c3)cc21. The third-order valence-corrected chi connectivity index (χ3v) is 4.01. The van der Waals surface area contributed by atoms with E-state index in [1.165, 1.54) is 6.20 Å². The Hall–Kier alpha value is -2.41. The number of fused-ring (bicyclic) bond motifs is 1. The Balaban J connectivity index is 1.85. The van der Waals surface area contributed by atoms with Gasteiger partial charge < -0.3 is 15.0 Å². The molecular weight excluding hydrogens is 374 g/mol. The predicted molar refractivity (Wildman–Crippen MR) is 94.5 cm³/mol. The van der Waals surface area contributed by atoms with Crippen LogP contribution in [0.5, 0.6) is 5.75 Å². The summed E-state index contributed by atoms with van der Waals surface area (Å²) in [5.74, 6) is 0.294. The largest absolute Gasteiger partial charge is 0.482 e. The Bertz CT molecular complexity index is 794. The molecule has 7 heteroatoms. The van der Waals surface area contributed by atoms with Crippen molar-refractivity contribution in [1.82, 2.24) is 4.98 Å². The van der Waals surface area contributed by atoms with Gasteiger partial charge >= 0.3 is 0 Å². The number of benzene rings is 1. The van der Waals surface area contributed by atoms with Crippen molar-refractivity contribution in [3.05, 3.63) is 46.7 Å². The first-order valence-corrected chi connectivity index (χ1v) is 8.37. The highest BCUT2D eigenvalue weighted by molar-refractivity contribution is 9.10. The van der Waals surface area contributed by atoms with Gasteiger partial charge in [0.2, 0.25) is 0 Å². The average molecular weight is 390 g/mol. The molecule has 1 aromatic heterocycles. The average Bonchev–Trinajstić information content (AvgIpc) is 2.57. The van der Waals surface area contributed by atoms with Crippen LogP contribution in [0.15, 0.2) is 41.1 Å². The number of nitrogens with zero attached hydrogens (tertiary/aromatic N) is 2. The fourth-order valence-electron chi connectivity index (χ4n) is 2.49. The molecule has 1 aliphatic rings. The number of anilines is 2. The van der Waals surface area contributed by atoms with Gasteiger partial charge in [0.1, 0.15) is 5.75 Å². The molecule has 0 atom stereocenters. The fourth-order valence-corrected chi connectivity index (χ4v) is 2.85. The van der Waals surface area contributed by atoms with E-state index < -0.39 is 0 Å². The normalized spacial score (nSPS) is 13.2. The van der Waals surface area contributed by atoms with Gasteiger partial charge in [-0.05, 0) is 46.6 Å². The zero-order chi connectivity index (χ0) is 17.1. The van der Waals surface area contributed by atoms with Gasteiger partial charge in [0.25, 0.3) is 11.8 Å². The second kappa shape index (κ2) is 7.00. The second-order valence-corrected chi connectivity index (χ2v) is 6.28. The molecule has 0 saturated carbocycles. The van der Waals surface area contributed by atoms with Crippen molar-refractivity contribution in [3.8, 4) is 5.75 Å². The summed E-state index contributed by atoms with van der Waals surface area (Å²) < 4.78 is 6.18. The zero-order valence-electron chi connectivity index (χ0n) is 13.1. The Morgan fingerprint density at radius 2 is 2.21 bits per heavy atom. The predicted octanol–water partition coefficient (Wildman–Crippen LogP) is 3.23. The maximum absolute atomic E-state index is 12.3. The number of hydrogen-bond donors (Lipinski definition) is 1. The first kappa shape index (κ1) is 16.4. The molecule has 0 bridgehead atoms. The number of halogens is 1. The van der Waals surface area contributed by atoms with E-state index in [4.69, 9.17) is 4.74 Å². The number of aromatic nitrogens is 1. The quantitative estimate of drug-likeness (QED) is 0.870. The van der Waals surface area contributed by atoms with Crippen LogP contribution in [0.4, 0.5) is 11.4 Å². The minimum absolute atomic E-state index is 0.0441. The summed E-state index contributed by atoms with van der Waals surface area (Å²) in [6, 6.07) is 6.96. The highest BCUT2D eigenvalue weighted by atomic mass is 79.9. The van der Waals surface area contributed by atoms with Crippen LogP contribution >= 0.6 is 15.9 Å². The van der Waals surface area contributed by atoms with Crippen LogP contribution in [0.25, 0.3) is 0 Å². The van der Waals surface area contributed by atoms with Crippen LogP contribution in [0.1, 0.15) is 23.7 Å². The zero-order valence-corrected chi connectivity index (χ0v) is 14.7. The number of rotatable bonds is 4. The number of nitrogens with one attached hydrogen (secondary N) is 1. The molecule has 1 N–H and O–H groups in total. The highest BCUT2D eigenvalue weighted by Gasteiger charge is 2.25. The standard InChI is InChI=1S/C17H16BrN3O3/c1-2-5-21-14-7-13(3-4-15(14)24-10-16(21)22)20-17(23)11-6-12(18)9-19-8-11/h3-4,6-9H,2,5,10H2,1H3,(H,20,23). The van der Waals surface area contributed by atoms with Crippen LogP contribution in [0.3, 0.4) is 0 Å². The van der Waals surface area contributed by atoms with Crippen molar-refractivity contribution in [2.24, 2.45) is 0 Å². The third-order valence-electron chi connectivity index (χ3n) is 3.57. The summed E-state index contributed by atoms with van der Waals surface area (Å²) in [5, 5.41) is 2.82. The molecule has 0 spiro atoms. The van der Waals surface area contributed by atoms with Crippen LogP contribution in [0, 0.1) is 0 Å². The molecule has 1 aromatic carbocycles. The van der Waals surface area contributed by atoms with Crippen molar-refractivity contribution in [1.29, 1.82) is 0 Å². The fraction of sp³-hybridized carbons (Fsp3) is 0.235. The van der Waals surface area contributed by atoms with Gasteiger partial charge in [-0.3, -0.25) is 14.6 Å². The lowest BCUT2D eigenvalue weighted by Crippen LogP contribution is -2.39. The maximum atomic E-state index is 12.3. The lowest BCUT2D eigenvalue weighted by molar-refractivity contribution is -0.121. The van der Waals surface area contributed by atoms with E-state index in [9.17, 15) is 9.59 Å². The summed E-state index contributed by atoms with van der Waals surface area (Å²) in [7, 11) is 0. The summed E-state index contributed by atoms with van der Waals surface area (Å²) in [6.07, 6.45) is 3.95. The molecule has 0 radical (unpaired) electrons. The van der Waals surface area contributed by atoms with Crippen LogP contribution in [0.2, 0.25) is 0 Å². The summed E-state index contributed by atoms with van der Waals surface area (Å²) >= 11 is 3.29. The van der Waals surface area contributed by atoms with E-state index in [2.05, 4.69) is 26.2 Å². The Labute approximate surface area is 148 Å². The number of ether oxygens (including phenoxy) is 1. The van der Waals surface area contributed by atoms with Gasteiger partial charge in [-0.2, -0.15) is 0 Å². The number of pyridine rings is 1. The topological polar surface area (TPSA) is 71.5 Å². The molecule has 0 unspecified atom stereocenters. The number of hydrogen-bond acceptors (Lipinski definition) is 4. The molecular formula is C17H16BrN3O3. The van der Waals surface area contributed by atoms with Crippen molar-refractivity contribution < 1.29 is 14.3 Å². The van der Waals surface area contributed by atoms with E-state index in [0.29, 0.717) is 29.2 Å². The first-order valence-electron chi connectivity index (χ1n) is 7.57. The van der Waals surface area contributed by atoms with E-state index in [0.717, 1.165) is 10.9 Å². The molecule has 2 heterocycles. The van der Waals surface area contributed by atoms with Crippen LogP contribution in [-0.2, 0) is 4.79 Å². The molecule has 0 fully saturated rings. The van der Waals surface area contributed by atoms with Gasteiger partial charge in [0.05, 0.1) is 11.3 Å². The first-order chi connectivity index (χ1) is 11.6. The van der Waals surface area contributed by atoms with Crippen molar-refractivity contribution in [3.63, 3.8) is 0 Å². The minimum atomic E-state index is -0.270. The van der Waals surface area contributed by atoms with Crippen LogP contribution < -0.4 is 15.0 Å². The maximum Gasteiger partial charge on any atom is 0.265 e. The van der Waals surface area contributed by atoms with E-state index >= 15 is 0 Å². The van der Waals surface area contributed by atoms with E-state index in [1.54, 1.807) is 35.4 Å². The molecule has 2 aromatic rings. The second-order valence-electron chi connectivity index (χ2n) is 5.36. The molecule has 0 aliphatic carbocycles. The summed E-state index contributed by atoms with van der Waals surface area (Å²) in [6.45, 7) is 2.67. The molecule has 3 rings (SSSR count). The molecule has 2 amide bonds. The summed E-state index contributed by atoms with van der Waals surface area (Å²) in [5.41, 5.74) is 1.72. The van der Waals surface area contributed by atoms with Gasteiger partial charge in [-0.1, -0.05) is 6.92 Å². The van der Waals surface area contributed by atoms with Gasteiger partial charge in [-0.15, -0.1) is 0 Å². The van der Waals surface area contributed by atoms with E-state index in [1.807, 2.05) is 6.92 Å². The Morgan fingerprint density at radius 3 is 2.96 bits per heavy atom. The summed E-state index contributed by atoms with van der Waals surface area (Å²) in [4.78, 5) is 30.0.